The van der Waals surface area contributed by atoms with Crippen LogP contribution in [0.15, 0.2) is 5.38 Å². The smallest absolute Gasteiger partial charge is 0.225 e. The second-order valence-electron chi connectivity index (χ2n) is 5.53. The molecular weight excluding hydrogens is 324 g/mol. The molecule has 1 saturated heterocycles. The van der Waals surface area contributed by atoms with E-state index in [-0.39, 0.29) is 18.4 Å². The molecule has 0 aliphatic carbocycles. The minimum atomic E-state index is -3.30. The van der Waals surface area contributed by atoms with Crippen molar-refractivity contribution in [3.8, 4) is 0 Å². The first-order valence-corrected chi connectivity index (χ1v) is 9.82. The SMILES string of the molecule is CNC(=O)C1CN(Cc2csc(C)n2)CCN(S(C)(=O)=O)C1. The van der Waals surface area contributed by atoms with Crippen molar-refractivity contribution in [2.45, 2.75) is 13.5 Å². The van der Waals surface area contributed by atoms with Gasteiger partial charge >= 0.3 is 0 Å². The highest BCUT2D eigenvalue weighted by Gasteiger charge is 2.31. The Bertz CT molecular complexity index is 629. The fraction of sp³-hybridized carbons (Fsp3) is 0.692. The number of hydrogen-bond donors (Lipinski definition) is 1. The van der Waals surface area contributed by atoms with E-state index in [1.54, 1.807) is 18.4 Å². The third-order valence-corrected chi connectivity index (χ3v) is 5.80. The van der Waals surface area contributed by atoms with Crippen LogP contribution in [0.3, 0.4) is 0 Å². The maximum atomic E-state index is 12.0. The summed E-state index contributed by atoms with van der Waals surface area (Å²) in [6, 6.07) is 0. The number of carbonyl (C=O) groups excluding carboxylic acids is 1. The lowest BCUT2D eigenvalue weighted by molar-refractivity contribution is -0.125. The molecular formula is C13H22N4O3S2. The molecule has 0 spiro atoms. The van der Waals surface area contributed by atoms with Crippen molar-refractivity contribution in [3.63, 3.8) is 0 Å². The number of sulfonamides is 1. The lowest BCUT2D eigenvalue weighted by Gasteiger charge is -2.22. The van der Waals surface area contributed by atoms with Crippen molar-refractivity contribution in [1.82, 2.24) is 19.5 Å². The molecule has 1 amide bonds. The fourth-order valence-corrected chi connectivity index (χ4v) is 4.04. The third kappa shape index (κ3) is 4.48. The zero-order chi connectivity index (χ0) is 16.3. The third-order valence-electron chi connectivity index (χ3n) is 3.71. The van der Waals surface area contributed by atoms with Crippen LogP contribution in [0.4, 0.5) is 0 Å². The van der Waals surface area contributed by atoms with E-state index < -0.39 is 10.0 Å². The lowest BCUT2D eigenvalue weighted by atomic mass is 10.1. The Kier molecular flexibility index (Phi) is 5.54. The molecule has 1 unspecified atom stereocenters. The predicted molar refractivity (Wildman–Crippen MR) is 86.1 cm³/mol. The zero-order valence-corrected chi connectivity index (χ0v) is 14.7. The van der Waals surface area contributed by atoms with Crippen molar-refractivity contribution in [2.75, 3.05) is 39.5 Å². The first kappa shape index (κ1) is 17.3. The Hall–Kier alpha value is -1.03. The van der Waals surface area contributed by atoms with Crippen molar-refractivity contribution in [2.24, 2.45) is 5.92 Å². The molecule has 1 atom stereocenters. The Morgan fingerprint density at radius 2 is 2.18 bits per heavy atom. The van der Waals surface area contributed by atoms with E-state index in [9.17, 15) is 13.2 Å². The number of hydrogen-bond acceptors (Lipinski definition) is 6. The van der Waals surface area contributed by atoms with Gasteiger partial charge in [-0.05, 0) is 6.92 Å². The normalized spacial score (nSPS) is 21.5. The Balaban J connectivity index is 2.14. The van der Waals surface area contributed by atoms with Gasteiger partial charge in [0.15, 0.2) is 0 Å². The molecule has 7 nitrogen and oxygen atoms in total. The highest BCUT2D eigenvalue weighted by Crippen LogP contribution is 2.16. The molecule has 1 aromatic heterocycles. The van der Waals surface area contributed by atoms with Crippen LogP contribution in [0.2, 0.25) is 0 Å². The Morgan fingerprint density at radius 3 is 2.73 bits per heavy atom. The highest BCUT2D eigenvalue weighted by atomic mass is 32.2. The van der Waals surface area contributed by atoms with Crippen LogP contribution >= 0.6 is 11.3 Å². The zero-order valence-electron chi connectivity index (χ0n) is 13.1. The van der Waals surface area contributed by atoms with Gasteiger partial charge in [0.25, 0.3) is 0 Å². The largest absolute Gasteiger partial charge is 0.359 e. The number of thiazole rings is 1. The molecule has 22 heavy (non-hydrogen) atoms. The standard InChI is InChI=1S/C13H22N4O3S2/c1-10-15-12(9-21-10)8-16-4-5-17(22(3,19)20)7-11(6-16)13(18)14-2/h9,11H,4-8H2,1-3H3,(H,14,18). The minimum absolute atomic E-state index is 0.130. The number of aromatic nitrogens is 1. The lowest BCUT2D eigenvalue weighted by Crippen LogP contribution is -2.41. The van der Waals surface area contributed by atoms with Crippen LogP contribution in [-0.4, -0.2) is 68.0 Å². The summed E-state index contributed by atoms with van der Waals surface area (Å²) in [4.78, 5) is 18.6. The monoisotopic (exact) mass is 346 g/mol. The van der Waals surface area contributed by atoms with Gasteiger partial charge in [0.05, 0.1) is 22.9 Å². The van der Waals surface area contributed by atoms with E-state index in [1.165, 1.54) is 10.6 Å². The van der Waals surface area contributed by atoms with Gasteiger partial charge in [-0.15, -0.1) is 11.3 Å². The first-order valence-electron chi connectivity index (χ1n) is 7.09. The molecule has 124 valence electrons. The van der Waals surface area contributed by atoms with Gasteiger partial charge in [-0.1, -0.05) is 0 Å². The summed E-state index contributed by atoms with van der Waals surface area (Å²) >= 11 is 1.59. The summed E-state index contributed by atoms with van der Waals surface area (Å²) in [6.07, 6.45) is 1.19. The average Bonchev–Trinajstić information content (AvgIpc) is 2.72. The number of amides is 1. The van der Waals surface area contributed by atoms with Gasteiger partial charge in [0.1, 0.15) is 0 Å². The van der Waals surface area contributed by atoms with Crippen LogP contribution in [0.25, 0.3) is 0 Å². The number of carbonyl (C=O) groups is 1. The van der Waals surface area contributed by atoms with Crippen molar-refractivity contribution >= 4 is 27.3 Å². The molecule has 2 heterocycles. The molecule has 1 N–H and O–H groups in total. The number of aryl methyl sites for hydroxylation is 1. The summed E-state index contributed by atoms with van der Waals surface area (Å²) in [7, 11) is -1.73. The maximum absolute atomic E-state index is 12.0. The predicted octanol–water partition coefficient (Wildman–Crippen LogP) is -0.109. The van der Waals surface area contributed by atoms with Gasteiger partial charge in [-0.3, -0.25) is 9.69 Å². The van der Waals surface area contributed by atoms with Gasteiger partial charge in [0.2, 0.25) is 15.9 Å². The number of rotatable bonds is 4. The fourth-order valence-electron chi connectivity index (χ4n) is 2.58. The van der Waals surface area contributed by atoms with Crippen LogP contribution in [0.1, 0.15) is 10.7 Å². The van der Waals surface area contributed by atoms with Crippen molar-refractivity contribution < 1.29 is 13.2 Å². The molecule has 1 aliphatic heterocycles. The molecule has 0 aromatic carbocycles. The molecule has 9 heteroatoms. The van der Waals surface area contributed by atoms with E-state index in [4.69, 9.17) is 0 Å². The summed E-state index contributed by atoms with van der Waals surface area (Å²) in [5, 5.41) is 5.63. The Morgan fingerprint density at radius 1 is 1.45 bits per heavy atom. The molecule has 2 rings (SSSR count). The van der Waals surface area contributed by atoms with E-state index in [0.717, 1.165) is 10.7 Å². The summed E-state index contributed by atoms with van der Waals surface area (Å²) in [6.45, 7) is 4.34. The second-order valence-corrected chi connectivity index (χ2v) is 8.57. The van der Waals surface area contributed by atoms with Crippen LogP contribution in [-0.2, 0) is 21.4 Å². The highest BCUT2D eigenvalue weighted by molar-refractivity contribution is 7.88. The Labute approximate surface area is 135 Å². The number of nitrogens with zero attached hydrogens (tertiary/aromatic N) is 3. The topological polar surface area (TPSA) is 82.6 Å². The van der Waals surface area contributed by atoms with E-state index in [1.807, 2.05) is 12.3 Å². The van der Waals surface area contributed by atoms with Crippen LogP contribution in [0, 0.1) is 12.8 Å². The van der Waals surface area contributed by atoms with E-state index in [2.05, 4.69) is 15.2 Å². The average molecular weight is 346 g/mol. The number of nitrogens with one attached hydrogen (secondary N) is 1. The van der Waals surface area contributed by atoms with Crippen molar-refractivity contribution in [3.05, 3.63) is 16.1 Å². The maximum Gasteiger partial charge on any atom is 0.225 e. The molecule has 0 bridgehead atoms. The minimum Gasteiger partial charge on any atom is -0.359 e. The second kappa shape index (κ2) is 7.03. The van der Waals surface area contributed by atoms with E-state index >= 15 is 0 Å². The van der Waals surface area contributed by atoms with E-state index in [0.29, 0.717) is 26.2 Å². The summed E-state index contributed by atoms with van der Waals surface area (Å²) < 4.78 is 25.0. The molecule has 1 aliphatic rings. The molecule has 1 aromatic rings. The van der Waals surface area contributed by atoms with Gasteiger partial charge in [0, 0.05) is 45.2 Å². The molecule has 0 saturated carbocycles. The van der Waals surface area contributed by atoms with Crippen molar-refractivity contribution in [1.29, 1.82) is 0 Å². The van der Waals surface area contributed by atoms with Gasteiger partial charge < -0.3 is 5.32 Å². The molecule has 1 fully saturated rings. The molecule has 0 radical (unpaired) electrons. The van der Waals surface area contributed by atoms with Gasteiger partial charge in [-0.2, -0.15) is 0 Å². The first-order chi connectivity index (χ1) is 10.3. The summed E-state index contributed by atoms with van der Waals surface area (Å²) in [5.41, 5.74) is 0.964. The summed E-state index contributed by atoms with van der Waals surface area (Å²) in [5.74, 6) is -0.503. The quantitative estimate of drug-likeness (QED) is 0.823. The van der Waals surface area contributed by atoms with Gasteiger partial charge in [-0.25, -0.2) is 17.7 Å². The van der Waals surface area contributed by atoms with Crippen LogP contribution < -0.4 is 5.32 Å². The van der Waals surface area contributed by atoms with Crippen LogP contribution in [0.5, 0.6) is 0 Å².